The first-order valence-electron chi connectivity index (χ1n) is 3.71. The predicted octanol–water partition coefficient (Wildman–Crippen LogP) is 0.638. The molecule has 2 bridgehead atoms. The second kappa shape index (κ2) is 1.75. The van der Waals surface area contributed by atoms with E-state index in [1.165, 1.54) is 0 Å². The first-order chi connectivity index (χ1) is 4.62. The summed E-state index contributed by atoms with van der Waals surface area (Å²) in [6.45, 7) is 4.98. The highest BCUT2D eigenvalue weighted by Crippen LogP contribution is 2.34. The molecule has 58 valence electrons. The van der Waals surface area contributed by atoms with Gasteiger partial charge in [0.1, 0.15) is 0 Å². The summed E-state index contributed by atoms with van der Waals surface area (Å²) < 4.78 is 16.2. The monoisotopic (exact) mass is 143 g/mol. The highest BCUT2D eigenvalue weighted by Gasteiger charge is 2.42. The molecule has 3 rings (SSSR count). The van der Waals surface area contributed by atoms with Crippen LogP contribution >= 0.6 is 0 Å². The highest BCUT2D eigenvalue weighted by molar-refractivity contribution is 6.59. The minimum Gasteiger partial charge on any atom is -0.544 e. The Morgan fingerprint density at radius 1 is 1.10 bits per heavy atom. The van der Waals surface area contributed by atoms with Crippen molar-refractivity contribution < 1.29 is 14.0 Å². The average molecular weight is 143 g/mol. The van der Waals surface area contributed by atoms with Crippen LogP contribution in [0.15, 0.2) is 0 Å². The summed E-state index contributed by atoms with van der Waals surface area (Å²) in [6.07, 6.45) is 0. The molecule has 0 aromatic heterocycles. The normalized spacial score (nSPS) is 53.4. The summed E-state index contributed by atoms with van der Waals surface area (Å²) >= 11 is 0. The van der Waals surface area contributed by atoms with Gasteiger partial charge in [0.25, 0.3) is 0 Å². The van der Waals surface area contributed by atoms with Crippen molar-refractivity contribution in [2.45, 2.75) is 13.7 Å². The second-order valence-corrected chi connectivity index (χ2v) is 3.74. The smallest absolute Gasteiger partial charge is 0.376 e. The van der Waals surface area contributed by atoms with Crippen molar-refractivity contribution in [1.29, 1.82) is 0 Å². The molecule has 0 N–H and O–H groups in total. The Morgan fingerprint density at radius 3 is 1.80 bits per heavy atom. The van der Waals surface area contributed by atoms with Gasteiger partial charge in [-0.05, 0) is 0 Å². The van der Waals surface area contributed by atoms with Gasteiger partial charge in [-0.3, -0.25) is 0 Å². The predicted molar refractivity (Wildman–Crippen MR) is 37.6 cm³/mol. The summed E-state index contributed by atoms with van der Waals surface area (Å²) in [7, 11) is 0. The molecule has 0 amide bonds. The van der Waals surface area contributed by atoms with E-state index in [0.717, 1.165) is 19.8 Å². The number of hydrogen-bond donors (Lipinski definition) is 0. The van der Waals surface area contributed by atoms with E-state index in [2.05, 4.69) is 6.92 Å². The fraction of sp³-hybridized carbons (Fsp3) is 1.00. The maximum absolute atomic E-state index is 5.39. The molecule has 3 heterocycles. The Labute approximate surface area is 60.7 Å². The fourth-order valence-electron chi connectivity index (χ4n) is 1.33. The van der Waals surface area contributed by atoms with E-state index < -0.39 is 6.75 Å². The summed E-state index contributed by atoms with van der Waals surface area (Å²) in [4.78, 5) is 0. The van der Waals surface area contributed by atoms with Crippen molar-refractivity contribution in [1.82, 2.24) is 0 Å². The van der Waals surface area contributed by atoms with Crippen molar-refractivity contribution in [3.63, 3.8) is 0 Å². The van der Waals surface area contributed by atoms with E-state index in [1.807, 2.05) is 6.82 Å². The van der Waals surface area contributed by atoms with Crippen LogP contribution in [0.5, 0.6) is 0 Å². The largest absolute Gasteiger partial charge is 0.544 e. The van der Waals surface area contributed by atoms with Crippen LogP contribution in [0.2, 0.25) is 6.82 Å². The van der Waals surface area contributed by atoms with Crippen molar-refractivity contribution >= 4 is 6.75 Å². The molecule has 3 saturated heterocycles. The van der Waals surface area contributed by atoms with Crippen molar-refractivity contribution in [2.24, 2.45) is 5.41 Å². The van der Waals surface area contributed by atoms with E-state index in [1.54, 1.807) is 0 Å². The minimum absolute atomic E-state index is 0.111. The lowest BCUT2D eigenvalue weighted by molar-refractivity contribution is -0.123. The lowest BCUT2D eigenvalue weighted by Gasteiger charge is -2.56. The van der Waals surface area contributed by atoms with Crippen LogP contribution in [-0.2, 0) is 14.0 Å². The molecule has 0 aromatic carbocycles. The Morgan fingerprint density at radius 2 is 1.50 bits per heavy atom. The molecule has 3 nitrogen and oxygen atoms in total. The van der Waals surface area contributed by atoms with E-state index in [4.69, 9.17) is 14.0 Å². The molecule has 0 spiro atoms. The van der Waals surface area contributed by atoms with Gasteiger partial charge in [-0.25, -0.2) is 0 Å². The first kappa shape index (κ1) is 6.64. The Bertz CT molecular complexity index is 117. The average Bonchev–Trinajstić information content (AvgIpc) is 1.93. The van der Waals surface area contributed by atoms with Gasteiger partial charge in [0.15, 0.2) is 0 Å². The molecule has 4 heteroatoms. The maximum Gasteiger partial charge on any atom is 0.376 e. The summed E-state index contributed by atoms with van der Waals surface area (Å²) in [5.74, 6) is 0. The molecule has 0 aromatic rings. The summed E-state index contributed by atoms with van der Waals surface area (Å²) in [5, 5.41) is 0. The van der Waals surface area contributed by atoms with Gasteiger partial charge in [0.05, 0.1) is 0 Å². The minimum atomic E-state index is -1.35. The molecule has 0 unspecified atom stereocenters. The van der Waals surface area contributed by atoms with Crippen LogP contribution in [-0.4, -0.2) is 26.6 Å². The summed E-state index contributed by atoms with van der Waals surface area (Å²) in [6, 6.07) is 0. The topological polar surface area (TPSA) is 27.7 Å². The molecule has 10 heavy (non-hydrogen) atoms. The number of rotatable bonds is 0. The van der Waals surface area contributed by atoms with Crippen molar-refractivity contribution in [3.05, 3.63) is 0 Å². The van der Waals surface area contributed by atoms with Crippen LogP contribution in [0, 0.1) is 5.41 Å². The SMILES string of the molecule is C[B-]12OCC(C)(CO1)CO2. The highest BCUT2D eigenvalue weighted by atomic mass is 16.8. The van der Waals surface area contributed by atoms with Crippen LogP contribution in [0.4, 0.5) is 0 Å². The van der Waals surface area contributed by atoms with E-state index in [-0.39, 0.29) is 5.41 Å². The fourth-order valence-corrected chi connectivity index (χ4v) is 1.33. The van der Waals surface area contributed by atoms with Crippen LogP contribution in [0.25, 0.3) is 0 Å². The third-order valence-corrected chi connectivity index (χ3v) is 2.20. The maximum atomic E-state index is 5.39. The van der Waals surface area contributed by atoms with Gasteiger partial charge in [-0.1, -0.05) is 6.92 Å². The Hall–Kier alpha value is -0.0551. The van der Waals surface area contributed by atoms with Crippen LogP contribution in [0.3, 0.4) is 0 Å². The Balaban J connectivity index is 2.16. The molecule has 3 aliphatic heterocycles. The zero-order valence-corrected chi connectivity index (χ0v) is 6.42. The van der Waals surface area contributed by atoms with E-state index >= 15 is 0 Å². The van der Waals surface area contributed by atoms with Gasteiger partial charge in [-0.15, -0.1) is 6.82 Å². The molecule has 0 radical (unpaired) electrons. The van der Waals surface area contributed by atoms with Crippen LogP contribution < -0.4 is 0 Å². The molecule has 0 aliphatic carbocycles. The van der Waals surface area contributed by atoms with Gasteiger partial charge >= 0.3 is 6.75 Å². The van der Waals surface area contributed by atoms with Crippen molar-refractivity contribution in [2.75, 3.05) is 19.8 Å². The lowest BCUT2D eigenvalue weighted by Crippen LogP contribution is -2.61. The lowest BCUT2D eigenvalue weighted by atomic mass is 9.74. The van der Waals surface area contributed by atoms with Gasteiger partial charge in [-0.2, -0.15) is 0 Å². The van der Waals surface area contributed by atoms with E-state index in [9.17, 15) is 0 Å². The van der Waals surface area contributed by atoms with Gasteiger partial charge < -0.3 is 14.0 Å². The molecule has 0 atom stereocenters. The first-order valence-corrected chi connectivity index (χ1v) is 3.71. The van der Waals surface area contributed by atoms with E-state index in [0.29, 0.717) is 0 Å². The molecule has 0 saturated carbocycles. The number of hydrogen-bond acceptors (Lipinski definition) is 3. The van der Waals surface area contributed by atoms with Gasteiger partial charge in [0.2, 0.25) is 0 Å². The van der Waals surface area contributed by atoms with Gasteiger partial charge in [0, 0.05) is 25.2 Å². The third kappa shape index (κ3) is 0.874. The number of fused-ring (bicyclic) bond motifs is 3. The standard InChI is InChI=1S/C6H12BO3/c1-6-3-8-7(2,9-4-6)10-5-6/h3-5H2,1-2H3/q-1. The quantitative estimate of drug-likeness (QED) is 0.465. The Kier molecular flexibility index (Phi) is 1.16. The third-order valence-electron chi connectivity index (χ3n) is 2.20. The summed E-state index contributed by atoms with van der Waals surface area (Å²) in [5.41, 5.74) is 0.111. The molecular formula is C6H12BO3-. The zero-order valence-electron chi connectivity index (χ0n) is 6.42. The second-order valence-electron chi connectivity index (χ2n) is 3.74. The molecule has 3 fully saturated rings. The molecule has 3 aliphatic rings. The molecular weight excluding hydrogens is 131 g/mol. The van der Waals surface area contributed by atoms with Crippen LogP contribution in [0.1, 0.15) is 6.92 Å². The van der Waals surface area contributed by atoms with Crippen molar-refractivity contribution in [3.8, 4) is 0 Å². The zero-order chi connectivity index (χ0) is 7.24.